The summed E-state index contributed by atoms with van der Waals surface area (Å²) in [4.78, 5) is 21.1. The molecule has 1 amide bonds. The molecule has 8 nitrogen and oxygen atoms in total. The Hall–Kier alpha value is -2.81. The monoisotopic (exact) mass is 398 g/mol. The topological polar surface area (TPSA) is 86.9 Å². The molecule has 0 unspecified atom stereocenters. The minimum Gasteiger partial charge on any atom is -0.508 e. The number of aromatic hydroxyl groups is 1. The molecule has 0 spiro atoms. The summed E-state index contributed by atoms with van der Waals surface area (Å²) in [5, 5.41) is 18.4. The van der Waals surface area contributed by atoms with E-state index in [0.717, 1.165) is 30.2 Å². The summed E-state index contributed by atoms with van der Waals surface area (Å²) in [6.45, 7) is 6.82. The van der Waals surface area contributed by atoms with E-state index in [4.69, 9.17) is 0 Å². The Morgan fingerprint density at radius 2 is 1.82 bits per heavy atom. The van der Waals surface area contributed by atoms with Crippen molar-refractivity contribution < 1.29 is 9.90 Å². The molecule has 146 valence electrons. The number of rotatable bonds is 4. The second-order valence-electron chi connectivity index (χ2n) is 6.83. The van der Waals surface area contributed by atoms with Crippen LogP contribution in [0, 0.1) is 13.8 Å². The number of carbonyl (C=O) groups is 1. The van der Waals surface area contributed by atoms with Gasteiger partial charge in [-0.2, -0.15) is 0 Å². The zero-order valence-electron chi connectivity index (χ0n) is 15.9. The third-order valence-electron chi connectivity index (χ3n) is 4.84. The van der Waals surface area contributed by atoms with Gasteiger partial charge in [0.05, 0.1) is 5.75 Å². The Kier molecular flexibility index (Phi) is 5.08. The number of benzene rings is 1. The summed E-state index contributed by atoms with van der Waals surface area (Å²) in [5.41, 5.74) is 2.97. The van der Waals surface area contributed by atoms with Gasteiger partial charge in [-0.15, -0.1) is 10.2 Å². The fraction of sp³-hybridized carbons (Fsp3) is 0.368. The third-order valence-corrected chi connectivity index (χ3v) is 5.75. The van der Waals surface area contributed by atoms with Crippen LogP contribution in [0.1, 0.15) is 11.4 Å². The minimum absolute atomic E-state index is 0.102. The predicted octanol–water partition coefficient (Wildman–Crippen LogP) is 1.89. The molecule has 9 heteroatoms. The summed E-state index contributed by atoms with van der Waals surface area (Å²) in [5.74, 6) is 1.25. The first-order valence-electron chi connectivity index (χ1n) is 9.15. The molecular formula is C19H22N6O2S. The minimum atomic E-state index is 0.102. The van der Waals surface area contributed by atoms with Gasteiger partial charge < -0.3 is 14.9 Å². The molecule has 2 aromatic heterocycles. The lowest BCUT2D eigenvalue weighted by atomic mass is 10.2. The van der Waals surface area contributed by atoms with Gasteiger partial charge in [-0.25, -0.2) is 4.98 Å². The summed E-state index contributed by atoms with van der Waals surface area (Å²) >= 11 is 1.39. The molecule has 28 heavy (non-hydrogen) atoms. The average molecular weight is 398 g/mol. The lowest BCUT2D eigenvalue weighted by Gasteiger charge is -2.36. The van der Waals surface area contributed by atoms with Crippen molar-refractivity contribution in [3.05, 3.63) is 41.7 Å². The van der Waals surface area contributed by atoms with Gasteiger partial charge in [-0.05, 0) is 44.2 Å². The number of hydrogen-bond acceptors (Lipinski definition) is 7. The van der Waals surface area contributed by atoms with Crippen LogP contribution in [0.2, 0.25) is 0 Å². The quantitative estimate of drug-likeness (QED) is 0.672. The smallest absolute Gasteiger partial charge is 0.256 e. The standard InChI is InChI=1S/C19H22N6O2S/c1-13-11-14(2)25-18(20-13)21-22-19(25)28-12-17(27)24-9-7-23(8-10-24)15-3-5-16(26)6-4-15/h3-6,11,26H,7-10,12H2,1-2H3. The average Bonchev–Trinajstić information content (AvgIpc) is 3.10. The van der Waals surface area contributed by atoms with Gasteiger partial charge >= 0.3 is 0 Å². The van der Waals surface area contributed by atoms with E-state index in [1.165, 1.54) is 11.8 Å². The molecule has 0 atom stereocenters. The van der Waals surface area contributed by atoms with E-state index in [1.807, 2.05) is 41.3 Å². The second kappa shape index (κ2) is 7.67. The number of anilines is 1. The molecular weight excluding hydrogens is 376 g/mol. The van der Waals surface area contributed by atoms with E-state index in [0.29, 0.717) is 29.8 Å². The molecule has 3 aromatic rings. The fourth-order valence-electron chi connectivity index (χ4n) is 3.39. The van der Waals surface area contributed by atoms with Gasteiger partial charge in [0.15, 0.2) is 5.16 Å². The van der Waals surface area contributed by atoms with Gasteiger partial charge in [0.2, 0.25) is 5.91 Å². The number of phenols is 1. The highest BCUT2D eigenvalue weighted by Gasteiger charge is 2.22. The molecule has 0 radical (unpaired) electrons. The van der Waals surface area contributed by atoms with Crippen LogP contribution in [0.15, 0.2) is 35.5 Å². The molecule has 3 heterocycles. The van der Waals surface area contributed by atoms with E-state index >= 15 is 0 Å². The van der Waals surface area contributed by atoms with Crippen LogP contribution in [-0.2, 0) is 4.79 Å². The number of phenolic OH excluding ortho intramolecular Hbond substituents is 1. The molecule has 4 rings (SSSR count). The second-order valence-corrected chi connectivity index (χ2v) is 7.77. The van der Waals surface area contributed by atoms with E-state index in [9.17, 15) is 9.90 Å². The van der Waals surface area contributed by atoms with Crippen LogP contribution in [0.25, 0.3) is 5.78 Å². The van der Waals surface area contributed by atoms with Crippen molar-refractivity contribution in [2.24, 2.45) is 0 Å². The van der Waals surface area contributed by atoms with E-state index in [2.05, 4.69) is 20.1 Å². The van der Waals surface area contributed by atoms with Crippen molar-refractivity contribution >= 4 is 29.1 Å². The van der Waals surface area contributed by atoms with Crippen LogP contribution in [-0.4, -0.2) is 67.4 Å². The van der Waals surface area contributed by atoms with Crippen molar-refractivity contribution in [2.45, 2.75) is 19.0 Å². The lowest BCUT2D eigenvalue weighted by Crippen LogP contribution is -2.49. The number of carbonyl (C=O) groups excluding carboxylic acids is 1. The normalized spacial score (nSPS) is 14.6. The van der Waals surface area contributed by atoms with Crippen molar-refractivity contribution in [3.63, 3.8) is 0 Å². The molecule has 0 saturated carbocycles. The van der Waals surface area contributed by atoms with Gasteiger partial charge in [0.1, 0.15) is 5.75 Å². The zero-order chi connectivity index (χ0) is 19.7. The van der Waals surface area contributed by atoms with Crippen molar-refractivity contribution in [1.82, 2.24) is 24.5 Å². The number of amides is 1. The maximum atomic E-state index is 12.6. The number of nitrogens with zero attached hydrogens (tertiary/aromatic N) is 6. The Morgan fingerprint density at radius 3 is 2.54 bits per heavy atom. The first-order chi connectivity index (χ1) is 13.5. The SMILES string of the molecule is Cc1cc(C)n2c(SCC(=O)N3CCN(c4ccc(O)cc4)CC3)nnc2n1. The highest BCUT2D eigenvalue weighted by molar-refractivity contribution is 7.99. The van der Waals surface area contributed by atoms with E-state index in [1.54, 1.807) is 12.1 Å². The molecule has 1 aliphatic rings. The molecule has 1 saturated heterocycles. The Balaban J connectivity index is 1.35. The van der Waals surface area contributed by atoms with Crippen molar-refractivity contribution in [1.29, 1.82) is 0 Å². The highest BCUT2D eigenvalue weighted by Crippen LogP contribution is 2.22. The molecule has 1 aromatic carbocycles. The molecule has 1 fully saturated rings. The van der Waals surface area contributed by atoms with Gasteiger partial charge in [-0.1, -0.05) is 11.8 Å². The molecule has 0 aliphatic carbocycles. The van der Waals surface area contributed by atoms with Crippen LogP contribution in [0.5, 0.6) is 5.75 Å². The summed E-state index contributed by atoms with van der Waals surface area (Å²) in [6, 6.07) is 9.15. The van der Waals surface area contributed by atoms with E-state index < -0.39 is 0 Å². The number of hydrogen-bond donors (Lipinski definition) is 1. The Bertz CT molecular complexity index is 996. The van der Waals surface area contributed by atoms with Crippen LogP contribution in [0.4, 0.5) is 5.69 Å². The maximum Gasteiger partial charge on any atom is 0.256 e. The first kappa shape index (κ1) is 18.5. The molecule has 1 aliphatic heterocycles. The van der Waals surface area contributed by atoms with Crippen LogP contribution in [0.3, 0.4) is 0 Å². The third kappa shape index (κ3) is 3.75. The van der Waals surface area contributed by atoms with E-state index in [-0.39, 0.29) is 11.7 Å². The van der Waals surface area contributed by atoms with Crippen molar-refractivity contribution in [3.8, 4) is 5.75 Å². The van der Waals surface area contributed by atoms with Crippen LogP contribution >= 0.6 is 11.8 Å². The molecule has 0 bridgehead atoms. The van der Waals surface area contributed by atoms with Gasteiger partial charge in [0, 0.05) is 43.3 Å². The number of fused-ring (bicyclic) bond motifs is 1. The highest BCUT2D eigenvalue weighted by atomic mass is 32.2. The summed E-state index contributed by atoms with van der Waals surface area (Å²) < 4.78 is 1.88. The first-order valence-corrected chi connectivity index (χ1v) is 10.1. The van der Waals surface area contributed by atoms with Gasteiger partial charge in [0.25, 0.3) is 5.78 Å². The van der Waals surface area contributed by atoms with Crippen molar-refractivity contribution in [2.75, 3.05) is 36.8 Å². The van der Waals surface area contributed by atoms with Crippen LogP contribution < -0.4 is 4.90 Å². The largest absolute Gasteiger partial charge is 0.508 e. The zero-order valence-corrected chi connectivity index (χ0v) is 16.7. The Morgan fingerprint density at radius 1 is 1.11 bits per heavy atom. The predicted molar refractivity (Wildman–Crippen MR) is 108 cm³/mol. The maximum absolute atomic E-state index is 12.6. The lowest BCUT2D eigenvalue weighted by molar-refractivity contribution is -0.128. The number of thioether (sulfide) groups is 1. The summed E-state index contributed by atoms with van der Waals surface area (Å²) in [7, 11) is 0. The number of piperazine rings is 1. The molecule has 1 N–H and O–H groups in total. The number of aromatic nitrogens is 4. The number of aryl methyl sites for hydroxylation is 2. The van der Waals surface area contributed by atoms with Gasteiger partial charge in [-0.3, -0.25) is 9.20 Å². The summed E-state index contributed by atoms with van der Waals surface area (Å²) in [6.07, 6.45) is 0. The Labute approximate surface area is 167 Å². The fourth-order valence-corrected chi connectivity index (χ4v) is 4.28.